The van der Waals surface area contributed by atoms with Crippen molar-refractivity contribution in [3.63, 3.8) is 0 Å². The molecule has 0 aliphatic carbocycles. The fourth-order valence-corrected chi connectivity index (χ4v) is 2.64. The molecule has 0 heterocycles. The Bertz CT molecular complexity index is 575. The number of unbranched alkanes of at least 4 members (excludes halogenated alkanes) is 1. The quantitative estimate of drug-likeness (QED) is 0.642. The molecule has 2 rings (SSSR count). The van der Waals surface area contributed by atoms with Crippen molar-refractivity contribution in [3.05, 3.63) is 64.1 Å². The third-order valence-corrected chi connectivity index (χ3v) is 4.00. The summed E-state index contributed by atoms with van der Waals surface area (Å²) in [7, 11) is 0. The van der Waals surface area contributed by atoms with E-state index in [0.29, 0.717) is 28.4 Å². The lowest BCUT2D eigenvalue weighted by Crippen LogP contribution is -2.20. The second-order valence-corrected chi connectivity index (χ2v) is 6.06. The van der Waals surface area contributed by atoms with Gasteiger partial charge in [-0.3, -0.25) is 0 Å². The van der Waals surface area contributed by atoms with Crippen LogP contribution in [0, 0.1) is 0 Å². The molecule has 1 unspecified atom stereocenters. The minimum atomic E-state index is 0.368. The first kappa shape index (κ1) is 17.1. The zero-order chi connectivity index (χ0) is 15.8. The molecule has 0 spiro atoms. The van der Waals surface area contributed by atoms with Crippen molar-refractivity contribution in [3.8, 4) is 5.75 Å². The van der Waals surface area contributed by atoms with E-state index >= 15 is 0 Å². The highest BCUT2D eigenvalue weighted by Gasteiger charge is 2.04. The molecule has 0 aliphatic heterocycles. The van der Waals surface area contributed by atoms with Crippen LogP contribution in [0.5, 0.6) is 5.75 Å². The summed E-state index contributed by atoms with van der Waals surface area (Å²) in [6.45, 7) is 3.80. The van der Waals surface area contributed by atoms with Gasteiger partial charge in [-0.1, -0.05) is 53.5 Å². The van der Waals surface area contributed by atoms with Crippen molar-refractivity contribution in [2.75, 3.05) is 13.2 Å². The molecule has 1 atom stereocenters. The third-order valence-electron chi connectivity index (χ3n) is 3.47. The topological polar surface area (TPSA) is 21.3 Å². The molecule has 4 heteroatoms. The Labute approximate surface area is 142 Å². The predicted octanol–water partition coefficient (Wildman–Crippen LogP) is 5.50. The van der Waals surface area contributed by atoms with Crippen LogP contribution in [0.4, 0.5) is 0 Å². The van der Waals surface area contributed by atoms with Crippen LogP contribution >= 0.6 is 23.2 Å². The van der Waals surface area contributed by atoms with Crippen molar-refractivity contribution in [2.45, 2.75) is 25.8 Å². The molecular formula is C18H21Cl2NO. The van der Waals surface area contributed by atoms with Crippen LogP contribution in [0.15, 0.2) is 48.5 Å². The van der Waals surface area contributed by atoms with E-state index in [4.69, 9.17) is 27.9 Å². The number of rotatable bonds is 8. The number of ether oxygens (including phenoxy) is 1. The fourth-order valence-electron chi connectivity index (χ4n) is 2.18. The van der Waals surface area contributed by atoms with Crippen LogP contribution in [-0.4, -0.2) is 13.2 Å². The van der Waals surface area contributed by atoms with Crippen molar-refractivity contribution in [2.24, 2.45) is 0 Å². The molecule has 0 bridgehead atoms. The van der Waals surface area contributed by atoms with Gasteiger partial charge in [0.25, 0.3) is 0 Å². The van der Waals surface area contributed by atoms with Crippen LogP contribution < -0.4 is 10.1 Å². The highest BCUT2D eigenvalue weighted by molar-refractivity contribution is 6.35. The van der Waals surface area contributed by atoms with Crippen LogP contribution in [0.3, 0.4) is 0 Å². The lowest BCUT2D eigenvalue weighted by atomic mass is 10.1. The molecule has 0 radical (unpaired) electrons. The molecule has 0 saturated heterocycles. The largest absolute Gasteiger partial charge is 0.492 e. The number of hydrogen-bond acceptors (Lipinski definition) is 2. The lowest BCUT2D eigenvalue weighted by Gasteiger charge is -2.14. The van der Waals surface area contributed by atoms with E-state index < -0.39 is 0 Å². The van der Waals surface area contributed by atoms with Gasteiger partial charge in [-0.25, -0.2) is 0 Å². The maximum atomic E-state index is 6.06. The molecule has 0 amide bonds. The molecular weight excluding hydrogens is 317 g/mol. The standard InChI is InChI=1S/C18H21Cl2NO/c1-14(15-7-3-2-4-8-15)21-11-5-6-12-22-18-10-9-16(19)13-17(18)20/h2-4,7-10,13-14,21H,5-6,11-12H2,1H3. The Morgan fingerprint density at radius 1 is 1.05 bits per heavy atom. The van der Waals surface area contributed by atoms with Gasteiger partial charge in [-0.15, -0.1) is 0 Å². The molecule has 2 aromatic carbocycles. The normalized spacial score (nSPS) is 12.1. The summed E-state index contributed by atoms with van der Waals surface area (Å²) < 4.78 is 5.67. The SMILES string of the molecule is CC(NCCCCOc1ccc(Cl)cc1Cl)c1ccccc1. The van der Waals surface area contributed by atoms with E-state index in [1.807, 2.05) is 6.07 Å². The summed E-state index contributed by atoms with van der Waals surface area (Å²) in [5.41, 5.74) is 1.31. The van der Waals surface area contributed by atoms with Gasteiger partial charge in [-0.05, 0) is 50.1 Å². The summed E-state index contributed by atoms with van der Waals surface area (Å²) >= 11 is 11.9. The van der Waals surface area contributed by atoms with Crippen molar-refractivity contribution in [1.29, 1.82) is 0 Å². The summed E-state index contributed by atoms with van der Waals surface area (Å²) in [6.07, 6.45) is 2.04. The van der Waals surface area contributed by atoms with E-state index in [0.717, 1.165) is 19.4 Å². The van der Waals surface area contributed by atoms with Gasteiger partial charge in [0, 0.05) is 11.1 Å². The summed E-state index contributed by atoms with van der Waals surface area (Å²) in [5, 5.41) is 4.70. The average Bonchev–Trinajstić information content (AvgIpc) is 2.53. The minimum Gasteiger partial charge on any atom is -0.492 e. The van der Waals surface area contributed by atoms with Gasteiger partial charge in [0.05, 0.1) is 11.6 Å². The molecule has 2 nitrogen and oxygen atoms in total. The van der Waals surface area contributed by atoms with E-state index in [2.05, 4.69) is 36.5 Å². The van der Waals surface area contributed by atoms with Gasteiger partial charge in [0.1, 0.15) is 5.75 Å². The second-order valence-electron chi connectivity index (χ2n) is 5.22. The minimum absolute atomic E-state index is 0.368. The summed E-state index contributed by atoms with van der Waals surface area (Å²) in [5.74, 6) is 0.691. The number of halogens is 2. The molecule has 118 valence electrons. The van der Waals surface area contributed by atoms with Gasteiger partial charge in [-0.2, -0.15) is 0 Å². The number of nitrogens with one attached hydrogen (secondary N) is 1. The lowest BCUT2D eigenvalue weighted by molar-refractivity contribution is 0.305. The van der Waals surface area contributed by atoms with Gasteiger partial charge in [0.15, 0.2) is 0 Å². The summed E-state index contributed by atoms with van der Waals surface area (Å²) in [6, 6.07) is 16.1. The first-order valence-corrected chi connectivity index (χ1v) is 8.28. The van der Waals surface area contributed by atoms with E-state index in [1.165, 1.54) is 5.56 Å². The predicted molar refractivity (Wildman–Crippen MR) is 94.1 cm³/mol. The van der Waals surface area contributed by atoms with Gasteiger partial charge >= 0.3 is 0 Å². The molecule has 2 aromatic rings. The van der Waals surface area contributed by atoms with E-state index in [-0.39, 0.29) is 0 Å². The molecule has 22 heavy (non-hydrogen) atoms. The van der Waals surface area contributed by atoms with E-state index in [9.17, 15) is 0 Å². The first-order chi connectivity index (χ1) is 10.7. The highest BCUT2D eigenvalue weighted by atomic mass is 35.5. The van der Waals surface area contributed by atoms with Crippen molar-refractivity contribution >= 4 is 23.2 Å². The maximum Gasteiger partial charge on any atom is 0.137 e. The average molecular weight is 338 g/mol. The Balaban J connectivity index is 1.61. The monoisotopic (exact) mass is 337 g/mol. The molecule has 0 aliphatic rings. The Morgan fingerprint density at radius 3 is 2.55 bits per heavy atom. The van der Waals surface area contributed by atoms with Crippen LogP contribution in [-0.2, 0) is 0 Å². The van der Waals surface area contributed by atoms with Crippen LogP contribution in [0.1, 0.15) is 31.4 Å². The highest BCUT2D eigenvalue weighted by Crippen LogP contribution is 2.27. The second kappa shape index (κ2) is 9.04. The molecule has 0 saturated carbocycles. The van der Waals surface area contributed by atoms with Gasteiger partial charge < -0.3 is 10.1 Å². The summed E-state index contributed by atoms with van der Waals surface area (Å²) in [4.78, 5) is 0. The maximum absolute atomic E-state index is 6.06. The molecule has 0 fully saturated rings. The number of benzene rings is 2. The third kappa shape index (κ3) is 5.53. The Kier molecular flexibility index (Phi) is 7.04. The van der Waals surface area contributed by atoms with Crippen LogP contribution in [0.25, 0.3) is 0 Å². The smallest absolute Gasteiger partial charge is 0.137 e. The Hall–Kier alpha value is -1.22. The number of hydrogen-bond donors (Lipinski definition) is 1. The Morgan fingerprint density at radius 2 is 1.82 bits per heavy atom. The van der Waals surface area contributed by atoms with Crippen molar-refractivity contribution in [1.82, 2.24) is 5.32 Å². The molecule has 0 aromatic heterocycles. The zero-order valence-electron chi connectivity index (χ0n) is 12.7. The fraction of sp³-hybridized carbons (Fsp3) is 0.333. The van der Waals surface area contributed by atoms with Gasteiger partial charge in [0.2, 0.25) is 0 Å². The first-order valence-electron chi connectivity index (χ1n) is 7.53. The van der Waals surface area contributed by atoms with E-state index in [1.54, 1.807) is 18.2 Å². The van der Waals surface area contributed by atoms with Crippen molar-refractivity contribution < 1.29 is 4.74 Å². The molecule has 1 N–H and O–H groups in total. The van der Waals surface area contributed by atoms with Crippen LogP contribution in [0.2, 0.25) is 10.0 Å². The zero-order valence-corrected chi connectivity index (χ0v) is 14.2.